The molecule has 0 radical (unpaired) electrons. The summed E-state index contributed by atoms with van der Waals surface area (Å²) in [5, 5.41) is 2.92. The first-order valence-electron chi connectivity index (χ1n) is 10.7. The summed E-state index contributed by atoms with van der Waals surface area (Å²) in [4.78, 5) is 29.3. The van der Waals surface area contributed by atoms with Crippen molar-refractivity contribution in [3.05, 3.63) is 53.6 Å². The van der Waals surface area contributed by atoms with Crippen LogP contribution in [-0.2, 0) is 11.3 Å². The maximum Gasteiger partial charge on any atom is 0.254 e. The molecule has 168 valence electrons. The fourth-order valence-electron chi connectivity index (χ4n) is 3.32. The van der Waals surface area contributed by atoms with Crippen molar-refractivity contribution in [2.24, 2.45) is 5.92 Å². The molecule has 0 aliphatic rings. The zero-order valence-electron chi connectivity index (χ0n) is 19.7. The molecule has 0 spiro atoms. The number of methoxy groups -OCH3 is 1. The predicted molar refractivity (Wildman–Crippen MR) is 127 cm³/mol. The largest absolute Gasteiger partial charge is 0.497 e. The van der Waals surface area contributed by atoms with Gasteiger partial charge in [0.2, 0.25) is 5.91 Å². The lowest BCUT2D eigenvalue weighted by molar-refractivity contribution is -0.115. The van der Waals surface area contributed by atoms with Gasteiger partial charge in [0, 0.05) is 50.0 Å². The standard InChI is InChI=1S/C25H35N3O3/c1-8-24(29)26-21-11-14-23(27(5)6)20(15-21)16-28(18(4)17(2)3)25(30)19-9-12-22(31-7)13-10-19/h9-15,17-18H,8,16H2,1-7H3,(H,26,29). The van der Waals surface area contributed by atoms with Gasteiger partial charge in [0.05, 0.1) is 7.11 Å². The Morgan fingerprint density at radius 3 is 2.19 bits per heavy atom. The fourth-order valence-corrected chi connectivity index (χ4v) is 3.32. The van der Waals surface area contributed by atoms with Gasteiger partial charge < -0.3 is 19.9 Å². The second-order valence-corrected chi connectivity index (χ2v) is 8.29. The number of carbonyl (C=O) groups excluding carboxylic acids is 2. The predicted octanol–water partition coefficient (Wildman–Crippen LogP) is 4.80. The summed E-state index contributed by atoms with van der Waals surface area (Å²) in [7, 11) is 5.56. The van der Waals surface area contributed by atoms with Crippen LogP contribution in [0.5, 0.6) is 5.75 Å². The van der Waals surface area contributed by atoms with Gasteiger partial charge in [-0.05, 0) is 60.9 Å². The van der Waals surface area contributed by atoms with Crippen LogP contribution < -0.4 is 15.0 Å². The van der Waals surface area contributed by atoms with Crippen LogP contribution >= 0.6 is 0 Å². The Bertz CT molecular complexity index is 891. The third-order valence-corrected chi connectivity index (χ3v) is 5.56. The average molecular weight is 426 g/mol. The summed E-state index contributed by atoms with van der Waals surface area (Å²) in [6.07, 6.45) is 0.414. The van der Waals surface area contributed by atoms with Crippen LogP contribution in [0.25, 0.3) is 0 Å². The van der Waals surface area contributed by atoms with Crippen molar-refractivity contribution in [1.29, 1.82) is 0 Å². The van der Waals surface area contributed by atoms with Crippen LogP contribution in [0.4, 0.5) is 11.4 Å². The molecular weight excluding hydrogens is 390 g/mol. The molecule has 6 heteroatoms. The normalized spacial score (nSPS) is 11.7. The van der Waals surface area contributed by atoms with Crippen LogP contribution in [0.15, 0.2) is 42.5 Å². The van der Waals surface area contributed by atoms with Gasteiger partial charge in [-0.1, -0.05) is 20.8 Å². The number of benzene rings is 2. The number of anilines is 2. The minimum absolute atomic E-state index is 0.0264. The van der Waals surface area contributed by atoms with Gasteiger partial charge >= 0.3 is 0 Å². The molecule has 31 heavy (non-hydrogen) atoms. The summed E-state index contributed by atoms with van der Waals surface area (Å²) in [6.45, 7) is 8.56. The molecule has 2 aromatic carbocycles. The zero-order valence-corrected chi connectivity index (χ0v) is 19.7. The van der Waals surface area contributed by atoms with Gasteiger partial charge in [0.25, 0.3) is 5.91 Å². The third kappa shape index (κ3) is 6.23. The van der Waals surface area contributed by atoms with Crippen molar-refractivity contribution in [3.8, 4) is 5.75 Å². The number of nitrogens with one attached hydrogen (secondary N) is 1. The van der Waals surface area contributed by atoms with Gasteiger partial charge in [0.15, 0.2) is 0 Å². The number of hydrogen-bond donors (Lipinski definition) is 1. The summed E-state index contributed by atoms with van der Waals surface area (Å²) < 4.78 is 5.22. The number of amides is 2. The zero-order chi connectivity index (χ0) is 23.1. The lowest BCUT2D eigenvalue weighted by atomic mass is 10.0. The molecule has 1 N–H and O–H groups in total. The Morgan fingerprint density at radius 1 is 1.03 bits per heavy atom. The van der Waals surface area contributed by atoms with Gasteiger partial charge in [0.1, 0.15) is 5.75 Å². The van der Waals surface area contributed by atoms with E-state index in [1.165, 1.54) is 0 Å². The highest BCUT2D eigenvalue weighted by atomic mass is 16.5. The lowest BCUT2D eigenvalue weighted by Gasteiger charge is -2.33. The summed E-state index contributed by atoms with van der Waals surface area (Å²) in [5.41, 5.74) is 3.35. The molecule has 0 aliphatic carbocycles. The summed E-state index contributed by atoms with van der Waals surface area (Å²) in [5.74, 6) is 0.934. The van der Waals surface area contributed by atoms with E-state index in [-0.39, 0.29) is 23.8 Å². The molecule has 2 amide bonds. The van der Waals surface area contributed by atoms with Gasteiger partial charge in [-0.25, -0.2) is 0 Å². The highest BCUT2D eigenvalue weighted by Crippen LogP contribution is 2.27. The lowest BCUT2D eigenvalue weighted by Crippen LogP contribution is -2.41. The van der Waals surface area contributed by atoms with Gasteiger partial charge in [-0.3, -0.25) is 9.59 Å². The fraction of sp³-hybridized carbons (Fsp3) is 0.440. The Kier molecular flexibility index (Phi) is 8.48. The van der Waals surface area contributed by atoms with Crippen LogP contribution in [0, 0.1) is 5.92 Å². The topological polar surface area (TPSA) is 61.9 Å². The van der Waals surface area contributed by atoms with E-state index < -0.39 is 0 Å². The number of nitrogens with zero attached hydrogens (tertiary/aromatic N) is 2. The number of hydrogen-bond acceptors (Lipinski definition) is 4. The first-order chi connectivity index (χ1) is 14.7. The molecule has 0 aromatic heterocycles. The highest BCUT2D eigenvalue weighted by Gasteiger charge is 2.25. The minimum atomic E-state index is -0.0368. The summed E-state index contributed by atoms with van der Waals surface area (Å²) in [6, 6.07) is 13.1. The van der Waals surface area contributed by atoms with Crippen molar-refractivity contribution in [1.82, 2.24) is 4.90 Å². The number of ether oxygens (including phenoxy) is 1. The van der Waals surface area contributed by atoms with E-state index in [4.69, 9.17) is 4.74 Å². The first-order valence-corrected chi connectivity index (χ1v) is 10.7. The molecule has 0 aliphatic heterocycles. The number of rotatable bonds is 9. The SMILES string of the molecule is CCC(=O)Nc1ccc(N(C)C)c(CN(C(=O)c2ccc(OC)cc2)C(C)C(C)C)c1. The Hall–Kier alpha value is -3.02. The Morgan fingerprint density at radius 2 is 1.68 bits per heavy atom. The third-order valence-electron chi connectivity index (χ3n) is 5.56. The molecular formula is C25H35N3O3. The molecule has 6 nitrogen and oxygen atoms in total. The number of carbonyl (C=O) groups is 2. The smallest absolute Gasteiger partial charge is 0.254 e. The summed E-state index contributed by atoms with van der Waals surface area (Å²) >= 11 is 0. The molecule has 0 fully saturated rings. The minimum Gasteiger partial charge on any atom is -0.497 e. The molecule has 0 bridgehead atoms. The van der Waals surface area contributed by atoms with Crippen LogP contribution in [0.3, 0.4) is 0 Å². The molecule has 0 saturated carbocycles. The monoisotopic (exact) mass is 425 g/mol. The highest BCUT2D eigenvalue weighted by molar-refractivity contribution is 5.95. The van der Waals surface area contributed by atoms with Crippen molar-refractivity contribution in [2.45, 2.75) is 46.7 Å². The average Bonchev–Trinajstić information content (AvgIpc) is 2.76. The molecule has 1 atom stereocenters. The van der Waals surface area contributed by atoms with Crippen LogP contribution in [0.1, 0.15) is 50.0 Å². The maximum absolute atomic E-state index is 13.5. The quantitative estimate of drug-likeness (QED) is 0.627. The van der Waals surface area contributed by atoms with Gasteiger partial charge in [-0.15, -0.1) is 0 Å². The second-order valence-electron chi connectivity index (χ2n) is 8.29. The molecule has 1 unspecified atom stereocenters. The van der Waals surface area contributed by atoms with E-state index in [2.05, 4.69) is 26.1 Å². The molecule has 2 rings (SSSR count). The molecule has 0 heterocycles. The van der Waals surface area contributed by atoms with Crippen molar-refractivity contribution in [2.75, 3.05) is 31.4 Å². The Labute approximate surface area is 186 Å². The molecule has 2 aromatic rings. The van der Waals surface area contributed by atoms with Crippen molar-refractivity contribution in [3.63, 3.8) is 0 Å². The van der Waals surface area contributed by atoms with Crippen molar-refractivity contribution < 1.29 is 14.3 Å². The van der Waals surface area contributed by atoms with E-state index >= 15 is 0 Å². The first kappa shape index (κ1) is 24.3. The second kappa shape index (κ2) is 10.8. The van der Waals surface area contributed by atoms with Crippen LogP contribution in [0.2, 0.25) is 0 Å². The van der Waals surface area contributed by atoms with E-state index in [0.717, 1.165) is 16.9 Å². The van der Waals surface area contributed by atoms with Gasteiger partial charge in [-0.2, -0.15) is 0 Å². The molecule has 0 saturated heterocycles. The van der Waals surface area contributed by atoms with E-state index in [1.807, 2.05) is 49.0 Å². The van der Waals surface area contributed by atoms with E-state index in [1.54, 1.807) is 31.4 Å². The van der Waals surface area contributed by atoms with Crippen LogP contribution in [-0.4, -0.2) is 44.0 Å². The van der Waals surface area contributed by atoms with E-state index in [0.29, 0.717) is 24.3 Å². The van der Waals surface area contributed by atoms with Crippen molar-refractivity contribution >= 4 is 23.2 Å². The Balaban J connectivity index is 2.44. The van der Waals surface area contributed by atoms with E-state index in [9.17, 15) is 9.59 Å². The maximum atomic E-state index is 13.5.